The summed E-state index contributed by atoms with van der Waals surface area (Å²) in [5.74, 6) is -0.00989. The lowest BCUT2D eigenvalue weighted by Crippen LogP contribution is -2.41. The maximum atomic E-state index is 12.3. The second kappa shape index (κ2) is 5.29. The molecule has 18 heavy (non-hydrogen) atoms. The highest BCUT2D eigenvalue weighted by Crippen LogP contribution is 2.39. The molecule has 4 nitrogen and oxygen atoms in total. The Morgan fingerprint density at radius 2 is 2.17 bits per heavy atom. The van der Waals surface area contributed by atoms with Crippen LogP contribution in [0.25, 0.3) is 0 Å². The van der Waals surface area contributed by atoms with Crippen LogP contribution in [0.1, 0.15) is 38.2 Å². The molecular weight excluding hydrogens is 230 g/mol. The number of carbonyl (C=O) groups is 2. The standard InChI is InChI=1S/C14H17NO3/c1-2-18-13(17)14(7-5-12(16)6-8-14)11-4-3-9-15-10-11/h3-4,9-10H,2,5-8H2,1H3. The Labute approximate surface area is 106 Å². The number of Topliss-reactive ketones (excluding diaryl/α,β-unsaturated/α-hetero) is 1. The lowest BCUT2D eigenvalue weighted by Gasteiger charge is -2.34. The van der Waals surface area contributed by atoms with Crippen LogP contribution in [0.4, 0.5) is 0 Å². The normalized spacial score (nSPS) is 18.4. The molecule has 1 aliphatic rings. The van der Waals surface area contributed by atoms with E-state index >= 15 is 0 Å². The number of ether oxygens (including phenoxy) is 1. The van der Waals surface area contributed by atoms with Crippen LogP contribution >= 0.6 is 0 Å². The summed E-state index contributed by atoms with van der Waals surface area (Å²) in [5.41, 5.74) is 0.175. The lowest BCUT2D eigenvalue weighted by atomic mass is 9.69. The molecule has 0 N–H and O–H groups in total. The van der Waals surface area contributed by atoms with Crippen molar-refractivity contribution >= 4 is 11.8 Å². The molecule has 0 radical (unpaired) electrons. The largest absolute Gasteiger partial charge is 0.465 e. The average molecular weight is 247 g/mol. The lowest BCUT2D eigenvalue weighted by molar-refractivity contribution is -0.152. The molecule has 2 rings (SSSR count). The zero-order valence-corrected chi connectivity index (χ0v) is 10.5. The van der Waals surface area contributed by atoms with Gasteiger partial charge in [0.15, 0.2) is 0 Å². The molecule has 0 aromatic carbocycles. The van der Waals surface area contributed by atoms with Crippen molar-refractivity contribution in [3.8, 4) is 0 Å². The number of nitrogens with zero attached hydrogens (tertiary/aromatic N) is 1. The molecule has 0 saturated heterocycles. The van der Waals surface area contributed by atoms with Crippen molar-refractivity contribution in [3.05, 3.63) is 30.1 Å². The molecule has 0 unspecified atom stereocenters. The third kappa shape index (κ3) is 2.28. The summed E-state index contributed by atoms with van der Waals surface area (Å²) in [6.07, 6.45) is 5.30. The van der Waals surface area contributed by atoms with Crippen molar-refractivity contribution in [2.75, 3.05) is 6.61 Å². The van der Waals surface area contributed by atoms with Crippen LogP contribution in [0.5, 0.6) is 0 Å². The van der Waals surface area contributed by atoms with Crippen molar-refractivity contribution < 1.29 is 14.3 Å². The van der Waals surface area contributed by atoms with E-state index in [4.69, 9.17) is 4.74 Å². The minimum atomic E-state index is -0.682. The second-order valence-electron chi connectivity index (χ2n) is 4.58. The fraction of sp³-hybridized carbons (Fsp3) is 0.500. The molecule has 0 bridgehead atoms. The van der Waals surface area contributed by atoms with Gasteiger partial charge in [-0.25, -0.2) is 0 Å². The predicted octanol–water partition coefficient (Wildman–Crippen LogP) is 2.03. The van der Waals surface area contributed by atoms with Crippen LogP contribution in [0.15, 0.2) is 24.5 Å². The Morgan fingerprint density at radius 1 is 1.44 bits per heavy atom. The number of hydrogen-bond donors (Lipinski definition) is 0. The Bertz CT molecular complexity index is 432. The van der Waals surface area contributed by atoms with Crippen LogP contribution in [-0.2, 0) is 19.7 Å². The number of hydrogen-bond acceptors (Lipinski definition) is 4. The van der Waals surface area contributed by atoms with E-state index in [1.807, 2.05) is 12.1 Å². The van der Waals surface area contributed by atoms with Crippen molar-refractivity contribution in [1.82, 2.24) is 4.98 Å². The van der Waals surface area contributed by atoms with Crippen molar-refractivity contribution in [2.24, 2.45) is 0 Å². The van der Waals surface area contributed by atoms with Gasteiger partial charge in [-0.15, -0.1) is 0 Å². The summed E-state index contributed by atoms with van der Waals surface area (Å²) in [4.78, 5) is 27.7. The van der Waals surface area contributed by atoms with E-state index in [-0.39, 0.29) is 11.8 Å². The topological polar surface area (TPSA) is 56.3 Å². The number of carbonyl (C=O) groups excluding carboxylic acids is 2. The SMILES string of the molecule is CCOC(=O)C1(c2cccnc2)CCC(=O)CC1. The van der Waals surface area contributed by atoms with E-state index in [2.05, 4.69) is 4.98 Å². The van der Waals surface area contributed by atoms with Gasteiger partial charge in [-0.05, 0) is 31.4 Å². The Kier molecular flexibility index (Phi) is 3.75. The number of esters is 1. The average Bonchev–Trinajstić information content (AvgIpc) is 2.41. The Balaban J connectivity index is 2.34. The molecule has 1 fully saturated rings. The summed E-state index contributed by atoms with van der Waals surface area (Å²) >= 11 is 0. The maximum absolute atomic E-state index is 12.3. The molecule has 0 amide bonds. The van der Waals surface area contributed by atoms with Crippen molar-refractivity contribution in [1.29, 1.82) is 0 Å². The third-order valence-corrected chi connectivity index (χ3v) is 3.54. The first kappa shape index (κ1) is 12.7. The van der Waals surface area contributed by atoms with Gasteiger partial charge in [-0.2, -0.15) is 0 Å². The summed E-state index contributed by atoms with van der Waals surface area (Å²) in [7, 11) is 0. The fourth-order valence-electron chi connectivity index (χ4n) is 2.48. The first-order valence-electron chi connectivity index (χ1n) is 6.28. The first-order valence-corrected chi connectivity index (χ1v) is 6.28. The van der Waals surface area contributed by atoms with Gasteiger partial charge < -0.3 is 4.74 Å². The zero-order valence-electron chi connectivity index (χ0n) is 10.5. The van der Waals surface area contributed by atoms with Gasteiger partial charge in [0, 0.05) is 25.2 Å². The van der Waals surface area contributed by atoms with Gasteiger partial charge in [0.2, 0.25) is 0 Å². The highest BCUT2D eigenvalue weighted by atomic mass is 16.5. The number of ketones is 1. The molecule has 1 aliphatic carbocycles. The maximum Gasteiger partial charge on any atom is 0.316 e. The molecule has 1 aromatic rings. The minimum Gasteiger partial charge on any atom is -0.465 e. The van der Waals surface area contributed by atoms with E-state index in [9.17, 15) is 9.59 Å². The number of aromatic nitrogens is 1. The summed E-state index contributed by atoms with van der Waals surface area (Å²) in [6.45, 7) is 2.15. The van der Waals surface area contributed by atoms with Gasteiger partial charge in [-0.3, -0.25) is 14.6 Å². The molecule has 0 spiro atoms. The van der Waals surface area contributed by atoms with E-state index in [1.54, 1.807) is 19.3 Å². The summed E-state index contributed by atoms with van der Waals surface area (Å²) in [5, 5.41) is 0. The molecule has 1 heterocycles. The molecule has 1 aromatic heterocycles. The molecule has 0 atom stereocenters. The van der Waals surface area contributed by atoms with E-state index in [0.717, 1.165) is 5.56 Å². The van der Waals surface area contributed by atoms with Gasteiger partial charge in [-0.1, -0.05) is 6.07 Å². The molecule has 4 heteroatoms. The molecular formula is C14H17NO3. The number of rotatable bonds is 3. The highest BCUT2D eigenvalue weighted by molar-refractivity contribution is 5.88. The van der Waals surface area contributed by atoms with Gasteiger partial charge in [0.1, 0.15) is 5.78 Å². The van der Waals surface area contributed by atoms with Crippen LogP contribution < -0.4 is 0 Å². The zero-order chi connectivity index (χ0) is 13.0. The smallest absolute Gasteiger partial charge is 0.316 e. The van der Waals surface area contributed by atoms with Crippen molar-refractivity contribution in [3.63, 3.8) is 0 Å². The molecule has 1 saturated carbocycles. The van der Waals surface area contributed by atoms with E-state index in [1.165, 1.54) is 0 Å². The van der Waals surface area contributed by atoms with Gasteiger partial charge in [0.25, 0.3) is 0 Å². The molecule has 96 valence electrons. The van der Waals surface area contributed by atoms with Crippen LogP contribution in [0, 0.1) is 0 Å². The van der Waals surface area contributed by atoms with E-state index in [0.29, 0.717) is 32.3 Å². The van der Waals surface area contributed by atoms with Gasteiger partial charge in [0.05, 0.1) is 12.0 Å². The first-order chi connectivity index (χ1) is 8.69. The van der Waals surface area contributed by atoms with Crippen LogP contribution in [0.2, 0.25) is 0 Å². The second-order valence-corrected chi connectivity index (χ2v) is 4.58. The third-order valence-electron chi connectivity index (χ3n) is 3.54. The predicted molar refractivity (Wildman–Crippen MR) is 66.0 cm³/mol. The van der Waals surface area contributed by atoms with Crippen molar-refractivity contribution in [2.45, 2.75) is 38.0 Å². The van der Waals surface area contributed by atoms with Crippen LogP contribution in [0.3, 0.4) is 0 Å². The summed E-state index contributed by atoms with van der Waals surface area (Å²) < 4.78 is 5.20. The monoisotopic (exact) mass is 247 g/mol. The van der Waals surface area contributed by atoms with Crippen LogP contribution in [-0.4, -0.2) is 23.3 Å². The Morgan fingerprint density at radius 3 is 2.72 bits per heavy atom. The molecule has 0 aliphatic heterocycles. The quantitative estimate of drug-likeness (QED) is 0.767. The highest BCUT2D eigenvalue weighted by Gasteiger charge is 2.44. The van der Waals surface area contributed by atoms with Gasteiger partial charge >= 0.3 is 5.97 Å². The van der Waals surface area contributed by atoms with E-state index < -0.39 is 5.41 Å². The fourth-order valence-corrected chi connectivity index (χ4v) is 2.48. The number of pyridine rings is 1. The summed E-state index contributed by atoms with van der Waals surface area (Å²) in [6, 6.07) is 3.70. The minimum absolute atomic E-state index is 0.221. The Hall–Kier alpha value is -1.71.